The van der Waals surface area contributed by atoms with Crippen molar-refractivity contribution in [3.05, 3.63) is 69.8 Å². The fraction of sp³-hybridized carbons (Fsp3) is 0.0588. The average molecular weight is 384 g/mol. The van der Waals surface area contributed by atoms with Gasteiger partial charge in [-0.3, -0.25) is 4.98 Å². The molecule has 0 fully saturated rings. The summed E-state index contributed by atoms with van der Waals surface area (Å²) in [7, 11) is 0. The van der Waals surface area contributed by atoms with Crippen molar-refractivity contribution in [3.63, 3.8) is 0 Å². The van der Waals surface area contributed by atoms with Gasteiger partial charge in [-0.1, -0.05) is 41.4 Å². The van der Waals surface area contributed by atoms with E-state index in [2.05, 4.69) is 10.3 Å². The van der Waals surface area contributed by atoms with E-state index in [-0.39, 0.29) is 18.0 Å². The van der Waals surface area contributed by atoms with Gasteiger partial charge in [-0.25, -0.2) is 4.79 Å². The Balaban J connectivity index is 0.00000208. The molecule has 0 amide bonds. The van der Waals surface area contributed by atoms with Crippen molar-refractivity contribution >= 4 is 58.2 Å². The van der Waals surface area contributed by atoms with Gasteiger partial charge in [-0.2, -0.15) is 0 Å². The van der Waals surface area contributed by atoms with Crippen LogP contribution in [0.4, 0.5) is 5.69 Å². The number of aromatic carboxylic acids is 1. The van der Waals surface area contributed by atoms with Crippen LogP contribution in [0.1, 0.15) is 15.9 Å². The summed E-state index contributed by atoms with van der Waals surface area (Å²) < 4.78 is 0. The molecule has 0 radical (unpaired) electrons. The van der Waals surface area contributed by atoms with Gasteiger partial charge in [0.2, 0.25) is 0 Å². The minimum absolute atomic E-state index is 0. The number of benzene rings is 2. The number of nitrogens with one attached hydrogen (secondary N) is 1. The number of carbonyl (C=O) groups is 1. The van der Waals surface area contributed by atoms with Crippen LogP contribution in [0.15, 0.2) is 48.7 Å². The van der Waals surface area contributed by atoms with Gasteiger partial charge in [-0.05, 0) is 29.8 Å². The Labute approximate surface area is 154 Å². The number of carboxylic acid groups (broad SMARTS) is 1. The maximum atomic E-state index is 11.5. The molecule has 0 unspecified atom stereocenters. The highest BCUT2D eigenvalue weighted by Crippen LogP contribution is 2.29. The molecule has 2 N–H and O–H groups in total. The number of hydrogen-bond donors (Lipinski definition) is 2. The number of anilines is 1. The molecule has 7 heteroatoms. The van der Waals surface area contributed by atoms with E-state index in [9.17, 15) is 9.90 Å². The SMILES string of the molecule is Cl.O=C(O)c1cnc2ccc(Cl)cc2c1NCc1ccccc1Cl. The Morgan fingerprint density at radius 2 is 1.92 bits per heavy atom. The van der Waals surface area contributed by atoms with Crippen molar-refractivity contribution in [2.75, 3.05) is 5.32 Å². The van der Waals surface area contributed by atoms with E-state index < -0.39 is 5.97 Å². The summed E-state index contributed by atoms with van der Waals surface area (Å²) in [5.74, 6) is -1.05. The smallest absolute Gasteiger partial charge is 0.339 e. The quantitative estimate of drug-likeness (QED) is 0.644. The summed E-state index contributed by atoms with van der Waals surface area (Å²) in [4.78, 5) is 15.7. The minimum Gasteiger partial charge on any atom is -0.478 e. The number of fused-ring (bicyclic) bond motifs is 1. The molecule has 124 valence electrons. The molecular formula is C17H13Cl3N2O2. The maximum absolute atomic E-state index is 11.5. The van der Waals surface area contributed by atoms with Gasteiger partial charge in [0.25, 0.3) is 0 Å². The zero-order chi connectivity index (χ0) is 16.4. The van der Waals surface area contributed by atoms with Gasteiger partial charge in [-0.15, -0.1) is 12.4 Å². The van der Waals surface area contributed by atoms with E-state index in [0.717, 1.165) is 5.56 Å². The van der Waals surface area contributed by atoms with Gasteiger partial charge in [0.15, 0.2) is 0 Å². The lowest BCUT2D eigenvalue weighted by Gasteiger charge is -2.13. The van der Waals surface area contributed by atoms with Crippen LogP contribution < -0.4 is 5.32 Å². The topological polar surface area (TPSA) is 62.2 Å². The molecule has 2 aromatic carbocycles. The summed E-state index contributed by atoms with van der Waals surface area (Å²) in [6.07, 6.45) is 1.34. The Kier molecular flexibility index (Phi) is 5.89. The summed E-state index contributed by atoms with van der Waals surface area (Å²) >= 11 is 12.2. The Morgan fingerprint density at radius 1 is 1.17 bits per heavy atom. The third-order valence-electron chi connectivity index (χ3n) is 3.47. The zero-order valence-electron chi connectivity index (χ0n) is 12.3. The van der Waals surface area contributed by atoms with Crippen LogP contribution in [-0.2, 0) is 6.54 Å². The van der Waals surface area contributed by atoms with Crippen LogP contribution in [0.5, 0.6) is 0 Å². The van der Waals surface area contributed by atoms with E-state index in [1.165, 1.54) is 6.20 Å². The molecule has 0 saturated heterocycles. The van der Waals surface area contributed by atoms with E-state index >= 15 is 0 Å². The van der Waals surface area contributed by atoms with Gasteiger partial charge in [0.05, 0.1) is 11.2 Å². The number of aromatic nitrogens is 1. The van der Waals surface area contributed by atoms with Crippen molar-refractivity contribution < 1.29 is 9.90 Å². The fourth-order valence-corrected chi connectivity index (χ4v) is 2.72. The molecular weight excluding hydrogens is 371 g/mol. The van der Waals surface area contributed by atoms with E-state index in [0.29, 0.717) is 33.2 Å². The first kappa shape index (κ1) is 18.3. The van der Waals surface area contributed by atoms with Crippen LogP contribution in [0.25, 0.3) is 10.9 Å². The normalized spacial score (nSPS) is 10.2. The summed E-state index contributed by atoms with van der Waals surface area (Å²) in [5, 5.41) is 14.4. The van der Waals surface area contributed by atoms with Crippen molar-refractivity contribution in [1.82, 2.24) is 4.98 Å². The summed E-state index contributed by atoms with van der Waals surface area (Å²) in [6, 6.07) is 12.6. The lowest BCUT2D eigenvalue weighted by Crippen LogP contribution is -2.08. The standard InChI is InChI=1S/C17H12Cl2N2O2.ClH/c18-11-5-6-15-12(7-11)16(13(9-20-15)17(22)23)21-8-10-3-1-2-4-14(10)19;/h1-7,9H,8H2,(H,20,21)(H,22,23);1H. The first-order chi connectivity index (χ1) is 11.1. The highest BCUT2D eigenvalue weighted by Gasteiger charge is 2.15. The third kappa shape index (κ3) is 3.73. The number of carboxylic acids is 1. The molecule has 24 heavy (non-hydrogen) atoms. The summed E-state index contributed by atoms with van der Waals surface area (Å²) in [6.45, 7) is 0.394. The van der Waals surface area contributed by atoms with E-state index in [1.807, 2.05) is 18.2 Å². The van der Waals surface area contributed by atoms with E-state index in [1.54, 1.807) is 24.3 Å². The molecule has 0 bridgehead atoms. The molecule has 0 aliphatic rings. The lowest BCUT2D eigenvalue weighted by molar-refractivity contribution is 0.0697. The Hall–Kier alpha value is -2.01. The Bertz CT molecular complexity index is 900. The van der Waals surface area contributed by atoms with Gasteiger partial charge < -0.3 is 10.4 Å². The molecule has 3 aromatic rings. The second-order valence-electron chi connectivity index (χ2n) is 4.96. The number of rotatable bonds is 4. The van der Waals surface area contributed by atoms with E-state index in [4.69, 9.17) is 23.2 Å². The molecule has 0 atom stereocenters. The van der Waals surface area contributed by atoms with Crippen LogP contribution >= 0.6 is 35.6 Å². The highest BCUT2D eigenvalue weighted by molar-refractivity contribution is 6.31. The molecule has 3 rings (SSSR count). The van der Waals surface area contributed by atoms with Crippen LogP contribution in [0.2, 0.25) is 10.0 Å². The van der Waals surface area contributed by atoms with Crippen molar-refractivity contribution in [2.45, 2.75) is 6.54 Å². The second-order valence-corrected chi connectivity index (χ2v) is 5.80. The number of pyridine rings is 1. The summed E-state index contributed by atoms with van der Waals surface area (Å²) in [5.41, 5.74) is 2.11. The van der Waals surface area contributed by atoms with Gasteiger partial charge in [0, 0.05) is 28.2 Å². The van der Waals surface area contributed by atoms with Crippen molar-refractivity contribution in [3.8, 4) is 0 Å². The second kappa shape index (κ2) is 7.71. The molecule has 0 aliphatic carbocycles. The van der Waals surface area contributed by atoms with Crippen LogP contribution in [0.3, 0.4) is 0 Å². The molecule has 0 spiro atoms. The Morgan fingerprint density at radius 3 is 2.62 bits per heavy atom. The predicted molar refractivity (Wildman–Crippen MR) is 99.7 cm³/mol. The van der Waals surface area contributed by atoms with Gasteiger partial charge in [0.1, 0.15) is 5.56 Å². The monoisotopic (exact) mass is 382 g/mol. The average Bonchev–Trinajstić information content (AvgIpc) is 2.53. The minimum atomic E-state index is -1.05. The zero-order valence-corrected chi connectivity index (χ0v) is 14.6. The fourth-order valence-electron chi connectivity index (χ4n) is 2.34. The number of halogens is 3. The third-order valence-corrected chi connectivity index (χ3v) is 4.08. The lowest BCUT2D eigenvalue weighted by atomic mass is 10.1. The molecule has 0 aliphatic heterocycles. The van der Waals surface area contributed by atoms with Crippen LogP contribution in [0, 0.1) is 0 Å². The molecule has 1 aromatic heterocycles. The maximum Gasteiger partial charge on any atom is 0.339 e. The number of hydrogen-bond acceptors (Lipinski definition) is 3. The molecule has 4 nitrogen and oxygen atoms in total. The first-order valence-electron chi connectivity index (χ1n) is 6.85. The first-order valence-corrected chi connectivity index (χ1v) is 7.60. The van der Waals surface area contributed by atoms with Crippen LogP contribution in [-0.4, -0.2) is 16.1 Å². The number of nitrogens with zero attached hydrogens (tertiary/aromatic N) is 1. The predicted octanol–water partition coefficient (Wildman–Crippen LogP) is 5.27. The van der Waals surface area contributed by atoms with Crippen molar-refractivity contribution in [2.24, 2.45) is 0 Å². The molecule has 0 saturated carbocycles. The van der Waals surface area contributed by atoms with Gasteiger partial charge >= 0.3 is 5.97 Å². The largest absolute Gasteiger partial charge is 0.478 e. The van der Waals surface area contributed by atoms with Crippen molar-refractivity contribution in [1.29, 1.82) is 0 Å². The molecule has 1 heterocycles. The highest BCUT2D eigenvalue weighted by atomic mass is 35.5.